The Balaban J connectivity index is 2.36. The summed E-state index contributed by atoms with van der Waals surface area (Å²) in [4.78, 5) is 23.7. The van der Waals surface area contributed by atoms with Gasteiger partial charge in [0.05, 0.1) is 4.90 Å². The summed E-state index contributed by atoms with van der Waals surface area (Å²) in [6.45, 7) is 3.18. The highest BCUT2D eigenvalue weighted by Gasteiger charge is 2.26. The molecular formula is C13H16N2O5S. The van der Waals surface area contributed by atoms with Gasteiger partial charge in [0.2, 0.25) is 15.9 Å². The second-order valence-corrected chi connectivity index (χ2v) is 6.61. The number of aliphatic carboxylic acids is 1. The Morgan fingerprint density at radius 3 is 2.62 bits per heavy atom. The van der Waals surface area contributed by atoms with Gasteiger partial charge in [-0.1, -0.05) is 6.07 Å². The molecule has 1 heterocycles. The monoisotopic (exact) mass is 312 g/mol. The number of carboxylic acids is 1. The van der Waals surface area contributed by atoms with Gasteiger partial charge in [0.25, 0.3) is 0 Å². The van der Waals surface area contributed by atoms with Gasteiger partial charge >= 0.3 is 5.97 Å². The summed E-state index contributed by atoms with van der Waals surface area (Å²) in [7, 11) is -3.94. The lowest BCUT2D eigenvalue weighted by molar-refractivity contribution is -0.138. The number of benzene rings is 1. The molecule has 0 radical (unpaired) electrons. The van der Waals surface area contributed by atoms with E-state index in [9.17, 15) is 18.0 Å². The molecule has 1 aromatic carbocycles. The lowest BCUT2D eigenvalue weighted by Crippen LogP contribution is -2.38. The molecule has 1 atom stereocenters. The zero-order chi connectivity index (χ0) is 15.8. The van der Waals surface area contributed by atoms with Gasteiger partial charge in [-0.15, -0.1) is 0 Å². The normalized spacial score (nSPS) is 15.6. The van der Waals surface area contributed by atoms with Crippen LogP contribution in [0.3, 0.4) is 0 Å². The molecule has 0 aliphatic carbocycles. The Morgan fingerprint density at radius 2 is 2.05 bits per heavy atom. The van der Waals surface area contributed by atoms with Crippen LogP contribution in [0.15, 0.2) is 23.1 Å². The number of fused-ring (bicyclic) bond motifs is 1. The number of nitrogens with zero attached hydrogens (tertiary/aromatic N) is 1. The molecule has 1 aliphatic heterocycles. The van der Waals surface area contributed by atoms with Crippen LogP contribution in [0.2, 0.25) is 0 Å². The third kappa shape index (κ3) is 3.06. The number of carboxylic acid groups (broad SMARTS) is 1. The van der Waals surface area contributed by atoms with Crippen LogP contribution in [0.25, 0.3) is 0 Å². The summed E-state index contributed by atoms with van der Waals surface area (Å²) in [5.74, 6) is -1.42. The van der Waals surface area contributed by atoms with E-state index in [0.29, 0.717) is 18.7 Å². The van der Waals surface area contributed by atoms with Crippen molar-refractivity contribution in [2.75, 3.05) is 11.4 Å². The molecular weight excluding hydrogens is 296 g/mol. The lowest BCUT2D eigenvalue weighted by atomic mass is 10.2. The molecule has 2 rings (SSSR count). The van der Waals surface area contributed by atoms with Crippen molar-refractivity contribution in [1.82, 2.24) is 4.72 Å². The van der Waals surface area contributed by atoms with Crippen molar-refractivity contribution in [3.8, 4) is 0 Å². The Bertz CT molecular complexity index is 699. The third-order valence-electron chi connectivity index (χ3n) is 3.35. The van der Waals surface area contributed by atoms with Crippen LogP contribution >= 0.6 is 0 Å². The number of hydrogen-bond acceptors (Lipinski definition) is 4. The third-order valence-corrected chi connectivity index (χ3v) is 4.88. The molecule has 7 nitrogen and oxygen atoms in total. The molecule has 1 aliphatic rings. The Kier molecular flexibility index (Phi) is 4.02. The minimum absolute atomic E-state index is 0.0532. The van der Waals surface area contributed by atoms with E-state index in [2.05, 4.69) is 4.72 Å². The van der Waals surface area contributed by atoms with Crippen LogP contribution in [-0.2, 0) is 26.0 Å². The molecule has 0 saturated carbocycles. The fraction of sp³-hybridized carbons (Fsp3) is 0.385. The summed E-state index contributed by atoms with van der Waals surface area (Å²) in [5, 5.41) is 8.78. The van der Waals surface area contributed by atoms with Crippen molar-refractivity contribution in [3.05, 3.63) is 23.8 Å². The van der Waals surface area contributed by atoms with Gasteiger partial charge in [-0.25, -0.2) is 8.42 Å². The zero-order valence-electron chi connectivity index (χ0n) is 11.7. The first-order valence-corrected chi connectivity index (χ1v) is 7.87. The fourth-order valence-electron chi connectivity index (χ4n) is 2.20. The Morgan fingerprint density at radius 1 is 1.38 bits per heavy atom. The highest BCUT2D eigenvalue weighted by molar-refractivity contribution is 7.89. The first-order valence-electron chi connectivity index (χ1n) is 6.38. The predicted molar refractivity (Wildman–Crippen MR) is 75.6 cm³/mol. The second kappa shape index (κ2) is 5.45. The van der Waals surface area contributed by atoms with E-state index in [-0.39, 0.29) is 10.8 Å². The lowest BCUT2D eigenvalue weighted by Gasteiger charge is -2.16. The fourth-order valence-corrected chi connectivity index (χ4v) is 3.42. The van der Waals surface area contributed by atoms with Gasteiger partial charge in [0.15, 0.2) is 0 Å². The van der Waals surface area contributed by atoms with E-state index >= 15 is 0 Å². The first-order chi connectivity index (χ1) is 9.72. The number of nitrogens with one attached hydrogen (secondary N) is 1. The van der Waals surface area contributed by atoms with E-state index < -0.39 is 22.0 Å². The number of sulfonamides is 1. The van der Waals surface area contributed by atoms with Gasteiger partial charge in [-0.2, -0.15) is 4.72 Å². The van der Waals surface area contributed by atoms with Crippen molar-refractivity contribution >= 4 is 27.6 Å². The van der Waals surface area contributed by atoms with Gasteiger partial charge in [0.1, 0.15) is 6.04 Å². The minimum atomic E-state index is -3.94. The van der Waals surface area contributed by atoms with E-state index in [1.54, 1.807) is 6.07 Å². The summed E-state index contributed by atoms with van der Waals surface area (Å²) in [6, 6.07) is 3.24. The number of anilines is 1. The summed E-state index contributed by atoms with van der Waals surface area (Å²) in [5.41, 5.74) is 1.46. The summed E-state index contributed by atoms with van der Waals surface area (Å²) in [6.07, 6.45) is 0.675. The van der Waals surface area contributed by atoms with Gasteiger partial charge < -0.3 is 10.0 Å². The van der Waals surface area contributed by atoms with Crippen LogP contribution in [0, 0.1) is 0 Å². The van der Waals surface area contributed by atoms with Crippen molar-refractivity contribution in [2.45, 2.75) is 31.2 Å². The quantitative estimate of drug-likeness (QED) is 0.834. The topological polar surface area (TPSA) is 104 Å². The molecule has 114 valence electrons. The average Bonchev–Trinajstić information content (AvgIpc) is 2.80. The smallest absolute Gasteiger partial charge is 0.321 e. The molecule has 0 saturated heterocycles. The van der Waals surface area contributed by atoms with E-state index in [1.807, 2.05) is 0 Å². The molecule has 0 fully saturated rings. The zero-order valence-corrected chi connectivity index (χ0v) is 12.5. The summed E-state index contributed by atoms with van der Waals surface area (Å²) >= 11 is 0. The number of hydrogen-bond donors (Lipinski definition) is 2. The van der Waals surface area contributed by atoms with Crippen molar-refractivity contribution in [3.63, 3.8) is 0 Å². The molecule has 0 spiro atoms. The predicted octanol–water partition coefficient (Wildman–Crippen LogP) is 0.347. The highest BCUT2D eigenvalue weighted by atomic mass is 32.2. The maximum atomic E-state index is 12.1. The first kappa shape index (κ1) is 15.5. The van der Waals surface area contributed by atoms with Crippen molar-refractivity contribution < 1.29 is 23.1 Å². The number of rotatable bonds is 4. The minimum Gasteiger partial charge on any atom is -0.480 e. The maximum Gasteiger partial charge on any atom is 0.321 e. The summed E-state index contributed by atoms with van der Waals surface area (Å²) < 4.78 is 26.4. The molecule has 1 amide bonds. The van der Waals surface area contributed by atoms with Crippen LogP contribution in [0.1, 0.15) is 19.4 Å². The average molecular weight is 312 g/mol. The van der Waals surface area contributed by atoms with Crippen LogP contribution in [-0.4, -0.2) is 38.0 Å². The molecule has 8 heteroatoms. The van der Waals surface area contributed by atoms with Crippen LogP contribution < -0.4 is 9.62 Å². The van der Waals surface area contributed by atoms with Crippen LogP contribution in [0.5, 0.6) is 0 Å². The Hall–Kier alpha value is -1.93. The molecule has 0 bridgehead atoms. The molecule has 21 heavy (non-hydrogen) atoms. The van der Waals surface area contributed by atoms with Gasteiger partial charge in [0, 0.05) is 19.2 Å². The number of amides is 1. The SMILES string of the molecule is CC(=O)N1CCc2ccc(S(=O)(=O)NC(C)C(=O)O)cc21. The van der Waals surface area contributed by atoms with Gasteiger partial charge in [-0.3, -0.25) is 9.59 Å². The van der Waals surface area contributed by atoms with E-state index in [1.165, 1.54) is 30.9 Å². The Labute approximate surface area is 122 Å². The molecule has 1 unspecified atom stereocenters. The van der Waals surface area contributed by atoms with E-state index in [0.717, 1.165) is 5.56 Å². The van der Waals surface area contributed by atoms with Crippen molar-refractivity contribution in [1.29, 1.82) is 0 Å². The molecule has 0 aromatic heterocycles. The van der Waals surface area contributed by atoms with Crippen LogP contribution in [0.4, 0.5) is 5.69 Å². The molecule has 2 N–H and O–H groups in total. The number of carbonyl (C=O) groups excluding carboxylic acids is 1. The van der Waals surface area contributed by atoms with Gasteiger partial charge in [-0.05, 0) is 31.0 Å². The molecule has 1 aromatic rings. The maximum absolute atomic E-state index is 12.1. The standard InChI is InChI=1S/C13H16N2O5S/c1-8(13(17)18)14-21(19,20)11-4-3-10-5-6-15(9(2)16)12(10)7-11/h3-4,7-8,14H,5-6H2,1-2H3,(H,17,18). The second-order valence-electron chi connectivity index (χ2n) is 4.89. The largest absolute Gasteiger partial charge is 0.480 e. The van der Waals surface area contributed by atoms with E-state index in [4.69, 9.17) is 5.11 Å². The van der Waals surface area contributed by atoms with Crippen molar-refractivity contribution in [2.24, 2.45) is 0 Å². The number of carbonyl (C=O) groups is 2. The highest BCUT2D eigenvalue weighted by Crippen LogP contribution is 2.30.